The van der Waals surface area contributed by atoms with Crippen LogP contribution in [0.4, 0.5) is 0 Å². The van der Waals surface area contributed by atoms with Crippen molar-refractivity contribution in [2.45, 2.75) is 38.1 Å². The van der Waals surface area contributed by atoms with Crippen LogP contribution in [0.25, 0.3) is 0 Å². The minimum absolute atomic E-state index is 0.0623. The third-order valence-electron chi connectivity index (χ3n) is 5.21. The normalized spacial score (nSPS) is 20.6. The van der Waals surface area contributed by atoms with Gasteiger partial charge in [-0.2, -0.15) is 4.31 Å². The van der Waals surface area contributed by atoms with Gasteiger partial charge in [-0.25, -0.2) is 13.4 Å². The van der Waals surface area contributed by atoms with Crippen LogP contribution in [0.15, 0.2) is 6.33 Å². The fourth-order valence-corrected chi connectivity index (χ4v) is 5.34. The third kappa shape index (κ3) is 3.45. The second-order valence-corrected chi connectivity index (χ2v) is 8.58. The molecule has 1 aromatic rings. The monoisotopic (exact) mass is 370 g/mol. The summed E-state index contributed by atoms with van der Waals surface area (Å²) < 4.78 is 31.6. The summed E-state index contributed by atoms with van der Waals surface area (Å²) in [6.07, 6.45) is 5.03. The number of ether oxygens (including phenoxy) is 1. The molecule has 0 radical (unpaired) electrons. The Bertz CT molecular complexity index is 722. The highest BCUT2D eigenvalue weighted by Gasteiger charge is 2.50. The predicted molar refractivity (Wildman–Crippen MR) is 92.4 cm³/mol. The molecule has 0 atom stereocenters. The molecule has 3 rings (SSSR count). The van der Waals surface area contributed by atoms with Crippen LogP contribution in [0.3, 0.4) is 0 Å². The average molecular weight is 370 g/mol. The number of imidazole rings is 1. The first kappa shape index (κ1) is 18.3. The molecule has 0 unspecified atom stereocenters. The second-order valence-electron chi connectivity index (χ2n) is 6.67. The van der Waals surface area contributed by atoms with Crippen molar-refractivity contribution in [3.05, 3.63) is 17.7 Å². The van der Waals surface area contributed by atoms with E-state index in [1.54, 1.807) is 10.6 Å². The molecule has 0 aromatic carbocycles. The molecule has 1 fully saturated rings. The highest BCUT2D eigenvalue weighted by Crippen LogP contribution is 2.43. The van der Waals surface area contributed by atoms with Crippen molar-refractivity contribution < 1.29 is 17.9 Å². The van der Waals surface area contributed by atoms with Crippen LogP contribution in [0.2, 0.25) is 0 Å². The summed E-state index contributed by atoms with van der Waals surface area (Å²) in [4.78, 5) is 21.7. The summed E-state index contributed by atoms with van der Waals surface area (Å²) in [5.74, 6) is 0.0623. The molecule has 3 heterocycles. The van der Waals surface area contributed by atoms with Crippen LogP contribution in [-0.2, 0) is 31.5 Å². The maximum Gasteiger partial charge on any atom is 0.224 e. The van der Waals surface area contributed by atoms with Crippen LogP contribution in [-0.4, -0.2) is 72.6 Å². The van der Waals surface area contributed by atoms with Gasteiger partial charge in [0, 0.05) is 38.4 Å². The Morgan fingerprint density at radius 1 is 1.36 bits per heavy atom. The van der Waals surface area contributed by atoms with Crippen molar-refractivity contribution in [3.8, 4) is 0 Å². The first-order valence-corrected chi connectivity index (χ1v) is 10.6. The largest absolute Gasteiger partial charge is 0.381 e. The molecule has 0 aliphatic carbocycles. The SMILES string of the molecule is CCOCCC(=O)N1CCC2(CC1)c1nc[nH]c1CCN2S(C)(=O)=O. The van der Waals surface area contributed by atoms with E-state index in [0.29, 0.717) is 58.5 Å². The summed E-state index contributed by atoms with van der Waals surface area (Å²) in [6.45, 7) is 4.44. The third-order valence-corrected chi connectivity index (χ3v) is 6.54. The minimum atomic E-state index is -3.35. The summed E-state index contributed by atoms with van der Waals surface area (Å²) >= 11 is 0. The van der Waals surface area contributed by atoms with Gasteiger partial charge in [-0.05, 0) is 19.8 Å². The molecule has 140 valence electrons. The smallest absolute Gasteiger partial charge is 0.224 e. The first-order chi connectivity index (χ1) is 11.9. The van der Waals surface area contributed by atoms with Gasteiger partial charge in [0.15, 0.2) is 0 Å². The number of nitrogens with one attached hydrogen (secondary N) is 1. The van der Waals surface area contributed by atoms with Crippen LogP contribution < -0.4 is 0 Å². The number of nitrogens with zero attached hydrogens (tertiary/aromatic N) is 3. The van der Waals surface area contributed by atoms with Crippen LogP contribution >= 0.6 is 0 Å². The lowest BCUT2D eigenvalue weighted by atomic mass is 9.80. The van der Waals surface area contributed by atoms with E-state index in [9.17, 15) is 13.2 Å². The van der Waals surface area contributed by atoms with Gasteiger partial charge >= 0.3 is 0 Å². The van der Waals surface area contributed by atoms with E-state index in [0.717, 1.165) is 11.4 Å². The maximum absolute atomic E-state index is 12.4. The minimum Gasteiger partial charge on any atom is -0.381 e. The number of aromatic nitrogens is 2. The van der Waals surface area contributed by atoms with Gasteiger partial charge in [0.25, 0.3) is 0 Å². The predicted octanol–water partition coefficient (Wildman–Crippen LogP) is 0.472. The molecule has 0 saturated carbocycles. The molecule has 25 heavy (non-hydrogen) atoms. The first-order valence-electron chi connectivity index (χ1n) is 8.74. The zero-order valence-electron chi connectivity index (χ0n) is 14.8. The lowest BCUT2D eigenvalue weighted by Crippen LogP contribution is -2.58. The topological polar surface area (TPSA) is 95.6 Å². The Labute approximate surface area is 148 Å². The number of carbonyl (C=O) groups is 1. The Kier molecular flexibility index (Phi) is 5.17. The number of piperidine rings is 1. The van der Waals surface area contributed by atoms with Crippen molar-refractivity contribution in [2.24, 2.45) is 0 Å². The van der Waals surface area contributed by atoms with Crippen molar-refractivity contribution in [3.63, 3.8) is 0 Å². The Morgan fingerprint density at radius 3 is 2.72 bits per heavy atom. The van der Waals surface area contributed by atoms with Crippen LogP contribution in [0.1, 0.15) is 37.6 Å². The number of sulfonamides is 1. The van der Waals surface area contributed by atoms with Crippen LogP contribution in [0, 0.1) is 0 Å². The number of rotatable bonds is 5. The van der Waals surface area contributed by atoms with E-state index in [1.807, 2.05) is 11.8 Å². The second kappa shape index (κ2) is 7.05. The molecule has 1 saturated heterocycles. The number of likely N-dealkylation sites (tertiary alicyclic amines) is 1. The molecule has 1 N–H and O–H groups in total. The number of hydrogen-bond acceptors (Lipinski definition) is 5. The molecule has 1 amide bonds. The van der Waals surface area contributed by atoms with Gasteiger partial charge in [-0.15, -0.1) is 0 Å². The van der Waals surface area contributed by atoms with E-state index < -0.39 is 15.6 Å². The highest BCUT2D eigenvalue weighted by molar-refractivity contribution is 7.88. The van der Waals surface area contributed by atoms with Crippen molar-refractivity contribution in [1.82, 2.24) is 19.2 Å². The van der Waals surface area contributed by atoms with Gasteiger partial charge in [0.05, 0.1) is 36.8 Å². The van der Waals surface area contributed by atoms with Crippen molar-refractivity contribution in [1.29, 1.82) is 0 Å². The zero-order chi connectivity index (χ0) is 18.1. The summed E-state index contributed by atoms with van der Waals surface area (Å²) in [5.41, 5.74) is 1.19. The summed E-state index contributed by atoms with van der Waals surface area (Å²) in [7, 11) is -3.35. The Balaban J connectivity index is 1.78. The molecule has 1 aromatic heterocycles. The lowest BCUT2D eigenvalue weighted by Gasteiger charge is -2.49. The van der Waals surface area contributed by atoms with Crippen LogP contribution in [0.5, 0.6) is 0 Å². The Hall–Kier alpha value is -1.45. The molecule has 2 aliphatic rings. The highest BCUT2D eigenvalue weighted by atomic mass is 32.2. The van der Waals surface area contributed by atoms with Crippen molar-refractivity contribution in [2.75, 3.05) is 39.1 Å². The Morgan fingerprint density at radius 2 is 2.08 bits per heavy atom. The quantitative estimate of drug-likeness (QED) is 0.760. The van der Waals surface area contributed by atoms with E-state index in [1.165, 1.54) is 6.26 Å². The number of hydrogen-bond donors (Lipinski definition) is 1. The zero-order valence-corrected chi connectivity index (χ0v) is 15.6. The number of H-pyrrole nitrogens is 1. The van der Waals surface area contributed by atoms with Crippen molar-refractivity contribution >= 4 is 15.9 Å². The van der Waals surface area contributed by atoms with E-state index >= 15 is 0 Å². The van der Waals surface area contributed by atoms with E-state index in [-0.39, 0.29) is 5.91 Å². The molecular formula is C16H26N4O4S. The van der Waals surface area contributed by atoms with Gasteiger partial charge in [0.2, 0.25) is 15.9 Å². The number of fused-ring (bicyclic) bond motifs is 2. The fourth-order valence-electron chi connectivity index (χ4n) is 4.02. The molecule has 0 bridgehead atoms. The molecule has 8 nitrogen and oxygen atoms in total. The number of aromatic amines is 1. The fraction of sp³-hybridized carbons (Fsp3) is 0.750. The summed E-state index contributed by atoms with van der Waals surface area (Å²) in [6, 6.07) is 0. The molecule has 9 heteroatoms. The molecular weight excluding hydrogens is 344 g/mol. The van der Waals surface area contributed by atoms with E-state index in [4.69, 9.17) is 4.74 Å². The standard InChI is InChI=1S/C16H26N4O4S/c1-3-24-11-5-14(21)19-9-6-16(7-10-19)15-13(17-12-18-15)4-8-20(16)25(2,22)23/h12H,3-11H2,1-2H3,(H,17,18). The molecule has 1 spiro atoms. The summed E-state index contributed by atoms with van der Waals surface area (Å²) in [5, 5.41) is 0. The number of amides is 1. The molecule has 2 aliphatic heterocycles. The maximum atomic E-state index is 12.4. The van der Waals surface area contributed by atoms with Gasteiger partial charge in [0.1, 0.15) is 0 Å². The average Bonchev–Trinajstić information content (AvgIpc) is 3.05. The van der Waals surface area contributed by atoms with E-state index in [2.05, 4.69) is 9.97 Å². The number of carbonyl (C=O) groups excluding carboxylic acids is 1. The van der Waals surface area contributed by atoms with Gasteiger partial charge in [-0.1, -0.05) is 0 Å². The van der Waals surface area contributed by atoms with Gasteiger partial charge in [-0.3, -0.25) is 4.79 Å². The lowest BCUT2D eigenvalue weighted by molar-refractivity contribution is -0.134. The van der Waals surface area contributed by atoms with Gasteiger partial charge < -0.3 is 14.6 Å².